The van der Waals surface area contributed by atoms with Crippen molar-refractivity contribution in [1.82, 2.24) is 0 Å². The lowest BCUT2D eigenvalue weighted by molar-refractivity contribution is -0.169. The summed E-state index contributed by atoms with van der Waals surface area (Å²) in [6, 6.07) is 0. The number of hydrogen-bond donors (Lipinski definition) is 0. The van der Waals surface area contributed by atoms with Crippen LogP contribution in [0.1, 0.15) is 39.5 Å². The van der Waals surface area contributed by atoms with Gasteiger partial charge in [-0.1, -0.05) is 20.3 Å². The van der Waals surface area contributed by atoms with Crippen molar-refractivity contribution in [2.45, 2.75) is 45.8 Å². The zero-order valence-electron chi connectivity index (χ0n) is 17.3. The molecule has 0 bridgehead atoms. The predicted octanol–water partition coefficient (Wildman–Crippen LogP) is 2.66. The Morgan fingerprint density at radius 2 is 1.26 bits per heavy atom. The van der Waals surface area contributed by atoms with Crippen molar-refractivity contribution in [3.63, 3.8) is 0 Å². The van der Waals surface area contributed by atoms with E-state index < -0.39 is 0 Å². The minimum atomic E-state index is -0.0444. The van der Waals surface area contributed by atoms with E-state index in [0.29, 0.717) is 72.0 Å². The summed E-state index contributed by atoms with van der Waals surface area (Å²) in [5.74, 6) is 0.614. The summed E-state index contributed by atoms with van der Waals surface area (Å²) >= 11 is 0. The van der Waals surface area contributed by atoms with Crippen LogP contribution < -0.4 is 0 Å². The van der Waals surface area contributed by atoms with Gasteiger partial charge in [-0.2, -0.15) is 0 Å². The highest BCUT2D eigenvalue weighted by Gasteiger charge is 2.13. The van der Waals surface area contributed by atoms with Crippen LogP contribution in [0.15, 0.2) is 0 Å². The Balaban J connectivity index is 1.66. The number of rotatable bonds is 19. The predicted molar refractivity (Wildman–Crippen MR) is 103 cm³/mol. The van der Waals surface area contributed by atoms with Gasteiger partial charge >= 0.3 is 0 Å². The van der Waals surface area contributed by atoms with E-state index >= 15 is 0 Å². The zero-order chi connectivity index (χ0) is 19.4. The third-order valence-corrected chi connectivity index (χ3v) is 4.26. The molecule has 2 unspecified atom stereocenters. The summed E-state index contributed by atoms with van der Waals surface area (Å²) < 4.78 is 38.4. The second kappa shape index (κ2) is 19.1. The lowest BCUT2D eigenvalue weighted by Gasteiger charge is -2.22. The second-order valence-corrected chi connectivity index (χ2v) is 6.70. The lowest BCUT2D eigenvalue weighted by Crippen LogP contribution is -2.24. The first kappa shape index (κ1) is 24.8. The number of ether oxygens (including phenoxy) is 7. The van der Waals surface area contributed by atoms with Gasteiger partial charge in [-0.3, -0.25) is 0 Å². The summed E-state index contributed by atoms with van der Waals surface area (Å²) in [6.45, 7) is 11.8. The highest BCUT2D eigenvalue weighted by molar-refractivity contribution is 4.53. The van der Waals surface area contributed by atoms with E-state index in [2.05, 4.69) is 13.8 Å². The standard InChI is InChI=1S/C20H40O7/c1-3-19(2)18-25-15-14-23-11-10-21-8-9-22-12-13-24-16-17-27-20-6-4-5-7-26-20/h19-20H,3-18H2,1-2H3. The molecule has 1 saturated heterocycles. The quantitative estimate of drug-likeness (QED) is 0.313. The van der Waals surface area contributed by atoms with Crippen molar-refractivity contribution in [3.05, 3.63) is 0 Å². The summed E-state index contributed by atoms with van der Waals surface area (Å²) in [6.07, 6.45) is 4.41. The number of hydrogen-bond acceptors (Lipinski definition) is 7. The van der Waals surface area contributed by atoms with E-state index in [-0.39, 0.29) is 6.29 Å². The van der Waals surface area contributed by atoms with Crippen LogP contribution in [0.25, 0.3) is 0 Å². The highest BCUT2D eigenvalue weighted by atomic mass is 16.7. The molecule has 0 aliphatic carbocycles. The Hall–Kier alpha value is -0.280. The molecule has 1 fully saturated rings. The average Bonchev–Trinajstić information content (AvgIpc) is 2.70. The van der Waals surface area contributed by atoms with Crippen LogP contribution in [0.2, 0.25) is 0 Å². The summed E-state index contributed by atoms with van der Waals surface area (Å²) in [5, 5.41) is 0. The van der Waals surface area contributed by atoms with Crippen molar-refractivity contribution < 1.29 is 33.2 Å². The van der Waals surface area contributed by atoms with Crippen LogP contribution in [0.3, 0.4) is 0 Å². The van der Waals surface area contributed by atoms with Crippen LogP contribution in [-0.4, -0.2) is 85.6 Å². The van der Waals surface area contributed by atoms with E-state index in [1.807, 2.05) is 0 Å². The summed E-state index contributed by atoms with van der Waals surface area (Å²) in [7, 11) is 0. The minimum Gasteiger partial charge on any atom is -0.379 e. The average molecular weight is 393 g/mol. The SMILES string of the molecule is CCC(C)COCCOCCOCCOCCOCCOC1CCCCO1. The molecule has 0 radical (unpaired) electrons. The molecular weight excluding hydrogens is 352 g/mol. The third-order valence-electron chi connectivity index (χ3n) is 4.26. The summed E-state index contributed by atoms with van der Waals surface area (Å²) in [5.41, 5.74) is 0. The maximum Gasteiger partial charge on any atom is 0.157 e. The van der Waals surface area contributed by atoms with Crippen molar-refractivity contribution >= 4 is 0 Å². The van der Waals surface area contributed by atoms with E-state index in [1.54, 1.807) is 0 Å². The topological polar surface area (TPSA) is 64.6 Å². The van der Waals surface area contributed by atoms with Gasteiger partial charge in [0.1, 0.15) is 0 Å². The van der Waals surface area contributed by atoms with Gasteiger partial charge in [-0.25, -0.2) is 0 Å². The molecule has 27 heavy (non-hydrogen) atoms. The van der Waals surface area contributed by atoms with Crippen LogP contribution in [0, 0.1) is 5.92 Å². The maximum atomic E-state index is 5.58. The smallest absolute Gasteiger partial charge is 0.157 e. The molecule has 0 aromatic carbocycles. The molecule has 0 aromatic rings. The Labute approximate surface area is 164 Å². The fourth-order valence-corrected chi connectivity index (χ4v) is 2.36. The lowest BCUT2D eigenvalue weighted by atomic mass is 10.1. The first-order valence-electron chi connectivity index (χ1n) is 10.4. The molecule has 0 saturated carbocycles. The second-order valence-electron chi connectivity index (χ2n) is 6.70. The highest BCUT2D eigenvalue weighted by Crippen LogP contribution is 2.13. The Morgan fingerprint density at radius 1 is 0.741 bits per heavy atom. The van der Waals surface area contributed by atoms with Crippen molar-refractivity contribution in [3.8, 4) is 0 Å². The van der Waals surface area contributed by atoms with Gasteiger partial charge in [0.2, 0.25) is 0 Å². The molecular formula is C20H40O7. The normalized spacial score (nSPS) is 18.7. The first-order chi connectivity index (χ1) is 13.3. The molecule has 1 rings (SSSR count). The maximum absolute atomic E-state index is 5.58. The van der Waals surface area contributed by atoms with Crippen LogP contribution in [0.5, 0.6) is 0 Å². The molecule has 7 heteroatoms. The minimum absolute atomic E-state index is 0.0444. The van der Waals surface area contributed by atoms with Crippen LogP contribution in [-0.2, 0) is 33.2 Å². The largest absolute Gasteiger partial charge is 0.379 e. The van der Waals surface area contributed by atoms with E-state index in [0.717, 1.165) is 32.5 Å². The summed E-state index contributed by atoms with van der Waals surface area (Å²) in [4.78, 5) is 0. The van der Waals surface area contributed by atoms with Gasteiger partial charge < -0.3 is 33.2 Å². The molecule has 1 heterocycles. The molecule has 0 N–H and O–H groups in total. The fourth-order valence-electron chi connectivity index (χ4n) is 2.36. The van der Waals surface area contributed by atoms with Crippen molar-refractivity contribution in [1.29, 1.82) is 0 Å². The van der Waals surface area contributed by atoms with Gasteiger partial charge in [0.05, 0.1) is 66.1 Å². The van der Waals surface area contributed by atoms with Gasteiger partial charge in [-0.05, 0) is 25.2 Å². The zero-order valence-corrected chi connectivity index (χ0v) is 17.3. The van der Waals surface area contributed by atoms with Crippen LogP contribution >= 0.6 is 0 Å². The molecule has 0 spiro atoms. The monoisotopic (exact) mass is 392 g/mol. The fraction of sp³-hybridized carbons (Fsp3) is 1.00. The molecule has 0 aromatic heterocycles. The molecule has 7 nitrogen and oxygen atoms in total. The Bertz CT molecular complexity index is 298. The molecule has 2 atom stereocenters. The Morgan fingerprint density at radius 3 is 1.74 bits per heavy atom. The third kappa shape index (κ3) is 16.4. The van der Waals surface area contributed by atoms with Gasteiger partial charge in [0, 0.05) is 13.2 Å². The Kier molecular flexibility index (Phi) is 17.5. The van der Waals surface area contributed by atoms with Gasteiger partial charge in [0.25, 0.3) is 0 Å². The van der Waals surface area contributed by atoms with E-state index in [9.17, 15) is 0 Å². The van der Waals surface area contributed by atoms with Crippen molar-refractivity contribution in [2.24, 2.45) is 5.92 Å². The molecule has 0 amide bonds. The van der Waals surface area contributed by atoms with Gasteiger partial charge in [0.15, 0.2) is 6.29 Å². The first-order valence-corrected chi connectivity index (χ1v) is 10.4. The van der Waals surface area contributed by atoms with Gasteiger partial charge in [-0.15, -0.1) is 0 Å². The van der Waals surface area contributed by atoms with Crippen molar-refractivity contribution in [2.75, 3.05) is 79.3 Å². The molecule has 162 valence electrons. The molecule has 1 aliphatic rings. The van der Waals surface area contributed by atoms with Crippen LogP contribution in [0.4, 0.5) is 0 Å². The van der Waals surface area contributed by atoms with E-state index in [1.165, 1.54) is 6.42 Å². The molecule has 1 aliphatic heterocycles. The van der Waals surface area contributed by atoms with E-state index in [4.69, 9.17) is 33.2 Å².